The van der Waals surface area contributed by atoms with Crippen LogP contribution in [0.15, 0.2) is 16.7 Å². The van der Waals surface area contributed by atoms with E-state index in [4.69, 9.17) is 4.42 Å². The normalized spacial score (nSPS) is 15.8. The number of hydrogen-bond donors (Lipinski definition) is 1. The minimum atomic E-state index is 0.756. The highest BCUT2D eigenvalue weighted by Crippen LogP contribution is 2.20. The van der Waals surface area contributed by atoms with Gasteiger partial charge in [0.15, 0.2) is 0 Å². The number of furan rings is 1. The van der Waals surface area contributed by atoms with Crippen molar-refractivity contribution in [2.45, 2.75) is 52.2 Å². The molecule has 1 fully saturated rings. The SMILES string of the molecule is CC(C)CCN(C)Cc1occc1CNC1CC1. The first-order valence-corrected chi connectivity index (χ1v) is 7.12. The summed E-state index contributed by atoms with van der Waals surface area (Å²) in [6.45, 7) is 7.54. The Morgan fingerprint density at radius 1 is 1.44 bits per heavy atom. The zero-order valence-corrected chi connectivity index (χ0v) is 11.9. The van der Waals surface area contributed by atoms with Crippen LogP contribution in [0.4, 0.5) is 0 Å². The van der Waals surface area contributed by atoms with Crippen molar-refractivity contribution in [3.05, 3.63) is 23.7 Å². The van der Waals surface area contributed by atoms with E-state index in [-0.39, 0.29) is 0 Å². The highest BCUT2D eigenvalue weighted by Gasteiger charge is 2.21. The van der Waals surface area contributed by atoms with Gasteiger partial charge < -0.3 is 9.73 Å². The molecule has 1 saturated carbocycles. The van der Waals surface area contributed by atoms with Crippen molar-refractivity contribution >= 4 is 0 Å². The first-order valence-electron chi connectivity index (χ1n) is 7.12. The predicted octanol–water partition coefficient (Wildman–Crippen LogP) is 3.01. The number of rotatable bonds is 8. The highest BCUT2D eigenvalue weighted by atomic mass is 16.3. The molecule has 1 aliphatic carbocycles. The van der Waals surface area contributed by atoms with Crippen LogP contribution in [0.5, 0.6) is 0 Å². The smallest absolute Gasteiger partial charge is 0.122 e. The van der Waals surface area contributed by atoms with Crippen molar-refractivity contribution in [3.63, 3.8) is 0 Å². The lowest BCUT2D eigenvalue weighted by Crippen LogP contribution is -2.22. The number of hydrogen-bond acceptors (Lipinski definition) is 3. The fourth-order valence-corrected chi connectivity index (χ4v) is 2.01. The van der Waals surface area contributed by atoms with E-state index in [1.807, 2.05) is 6.26 Å². The Labute approximate surface area is 111 Å². The van der Waals surface area contributed by atoms with Crippen molar-refractivity contribution in [3.8, 4) is 0 Å². The van der Waals surface area contributed by atoms with Gasteiger partial charge in [-0.25, -0.2) is 0 Å². The summed E-state index contributed by atoms with van der Waals surface area (Å²) >= 11 is 0. The van der Waals surface area contributed by atoms with Crippen molar-refractivity contribution in [2.75, 3.05) is 13.6 Å². The monoisotopic (exact) mass is 250 g/mol. The van der Waals surface area contributed by atoms with E-state index in [1.165, 1.54) is 24.8 Å². The van der Waals surface area contributed by atoms with Crippen molar-refractivity contribution < 1.29 is 4.42 Å². The van der Waals surface area contributed by atoms with E-state index in [2.05, 4.69) is 37.2 Å². The van der Waals surface area contributed by atoms with Gasteiger partial charge in [-0.2, -0.15) is 0 Å². The standard InChI is InChI=1S/C15H26N2O/c1-12(2)6-8-17(3)11-15-13(7-9-18-15)10-16-14-4-5-14/h7,9,12,14,16H,4-6,8,10-11H2,1-3H3. The second-order valence-corrected chi connectivity index (χ2v) is 5.94. The molecule has 0 amide bonds. The second kappa shape index (κ2) is 6.39. The molecule has 3 heteroatoms. The van der Waals surface area contributed by atoms with Gasteiger partial charge >= 0.3 is 0 Å². The molecule has 0 aliphatic heterocycles. The van der Waals surface area contributed by atoms with Gasteiger partial charge in [-0.05, 0) is 44.8 Å². The van der Waals surface area contributed by atoms with Gasteiger partial charge in [0, 0.05) is 18.2 Å². The summed E-state index contributed by atoms with van der Waals surface area (Å²) in [5.41, 5.74) is 1.32. The summed E-state index contributed by atoms with van der Waals surface area (Å²) in [4.78, 5) is 2.35. The molecule has 1 aromatic heterocycles. The van der Waals surface area contributed by atoms with Gasteiger partial charge in [0.25, 0.3) is 0 Å². The van der Waals surface area contributed by atoms with Crippen LogP contribution in [0, 0.1) is 5.92 Å². The van der Waals surface area contributed by atoms with E-state index in [9.17, 15) is 0 Å². The molecule has 0 spiro atoms. The minimum Gasteiger partial charge on any atom is -0.468 e. The predicted molar refractivity (Wildman–Crippen MR) is 74.4 cm³/mol. The molecule has 1 N–H and O–H groups in total. The van der Waals surface area contributed by atoms with Gasteiger partial charge in [-0.3, -0.25) is 4.90 Å². The first-order chi connectivity index (χ1) is 8.65. The Hall–Kier alpha value is -0.800. The fourth-order valence-electron chi connectivity index (χ4n) is 2.01. The van der Waals surface area contributed by atoms with Crippen molar-refractivity contribution in [1.82, 2.24) is 10.2 Å². The number of nitrogens with one attached hydrogen (secondary N) is 1. The minimum absolute atomic E-state index is 0.756. The quantitative estimate of drug-likeness (QED) is 0.769. The maximum Gasteiger partial charge on any atom is 0.122 e. The van der Waals surface area contributed by atoms with Crippen LogP contribution in [0.25, 0.3) is 0 Å². The Morgan fingerprint density at radius 3 is 2.89 bits per heavy atom. The molecule has 102 valence electrons. The van der Waals surface area contributed by atoms with Gasteiger partial charge in [0.1, 0.15) is 5.76 Å². The molecule has 0 aromatic carbocycles. The molecule has 0 bridgehead atoms. The maximum absolute atomic E-state index is 5.61. The first kappa shape index (κ1) is 13.6. The molecule has 1 aliphatic rings. The van der Waals surface area contributed by atoms with Crippen LogP contribution in [0.2, 0.25) is 0 Å². The van der Waals surface area contributed by atoms with Crippen LogP contribution in [-0.4, -0.2) is 24.5 Å². The van der Waals surface area contributed by atoms with E-state index < -0.39 is 0 Å². The van der Waals surface area contributed by atoms with Gasteiger partial charge in [0.05, 0.1) is 12.8 Å². The summed E-state index contributed by atoms with van der Waals surface area (Å²) in [5.74, 6) is 1.88. The van der Waals surface area contributed by atoms with Crippen LogP contribution in [0.3, 0.4) is 0 Å². The average molecular weight is 250 g/mol. The third-order valence-electron chi connectivity index (χ3n) is 3.50. The Bertz CT molecular complexity index is 355. The Morgan fingerprint density at radius 2 is 2.22 bits per heavy atom. The van der Waals surface area contributed by atoms with E-state index in [0.29, 0.717) is 0 Å². The Balaban J connectivity index is 1.78. The van der Waals surface area contributed by atoms with Gasteiger partial charge in [-0.15, -0.1) is 0 Å². The van der Waals surface area contributed by atoms with Crippen molar-refractivity contribution in [1.29, 1.82) is 0 Å². The van der Waals surface area contributed by atoms with Crippen LogP contribution >= 0.6 is 0 Å². The zero-order chi connectivity index (χ0) is 13.0. The molecule has 3 nitrogen and oxygen atoms in total. The van der Waals surface area contributed by atoms with Crippen LogP contribution in [-0.2, 0) is 13.1 Å². The molecule has 0 unspecified atom stereocenters. The molecule has 0 atom stereocenters. The van der Waals surface area contributed by atoms with E-state index >= 15 is 0 Å². The lowest BCUT2D eigenvalue weighted by molar-refractivity contribution is 0.276. The molecule has 18 heavy (non-hydrogen) atoms. The fraction of sp³-hybridized carbons (Fsp3) is 0.733. The summed E-state index contributed by atoms with van der Waals surface area (Å²) in [6, 6.07) is 2.85. The summed E-state index contributed by atoms with van der Waals surface area (Å²) in [7, 11) is 2.17. The van der Waals surface area contributed by atoms with E-state index in [1.54, 1.807) is 0 Å². The largest absolute Gasteiger partial charge is 0.468 e. The molecular formula is C15H26N2O. The second-order valence-electron chi connectivity index (χ2n) is 5.94. The molecular weight excluding hydrogens is 224 g/mol. The highest BCUT2D eigenvalue weighted by molar-refractivity contribution is 5.17. The third kappa shape index (κ3) is 4.46. The van der Waals surface area contributed by atoms with Crippen molar-refractivity contribution in [2.24, 2.45) is 5.92 Å². The molecule has 2 rings (SSSR count). The topological polar surface area (TPSA) is 28.4 Å². The molecule has 0 saturated heterocycles. The molecule has 0 radical (unpaired) electrons. The lowest BCUT2D eigenvalue weighted by Gasteiger charge is -2.17. The molecule has 1 aromatic rings. The van der Waals surface area contributed by atoms with E-state index in [0.717, 1.165) is 37.4 Å². The molecule has 1 heterocycles. The van der Waals surface area contributed by atoms with Gasteiger partial charge in [0.2, 0.25) is 0 Å². The maximum atomic E-state index is 5.61. The van der Waals surface area contributed by atoms with Crippen LogP contribution < -0.4 is 5.32 Å². The zero-order valence-electron chi connectivity index (χ0n) is 11.9. The Kier molecular flexibility index (Phi) is 4.84. The van der Waals surface area contributed by atoms with Gasteiger partial charge in [-0.1, -0.05) is 13.8 Å². The summed E-state index contributed by atoms with van der Waals surface area (Å²) in [6.07, 6.45) is 5.73. The summed E-state index contributed by atoms with van der Waals surface area (Å²) in [5, 5.41) is 3.54. The number of nitrogens with zero attached hydrogens (tertiary/aromatic N) is 1. The van der Waals surface area contributed by atoms with Crippen LogP contribution in [0.1, 0.15) is 44.4 Å². The average Bonchev–Trinajstić information content (AvgIpc) is 3.05. The lowest BCUT2D eigenvalue weighted by atomic mass is 10.1. The summed E-state index contributed by atoms with van der Waals surface area (Å²) < 4.78 is 5.61. The third-order valence-corrected chi connectivity index (χ3v) is 3.50.